The molecule has 0 unspecified atom stereocenters. The van der Waals surface area contributed by atoms with E-state index in [0.717, 1.165) is 209 Å². The van der Waals surface area contributed by atoms with Gasteiger partial charge in [-0.05, 0) is 249 Å². The molecule has 6 aliphatic rings. The molecule has 0 saturated carbocycles. The SMILES string of the molecule is Cc1cc(F)ccc1OC1CCN(CC2CCN([C@@H](Cc3ccc(F)cc3)C(=O)O)CC2)CC1.O=C(O)[C@H](Cc1cccc(F)c1)N1CCC(CN2CCC(Oc3ccc(Cl)c(Cl)c3)CC2)CC1.O=C(O)[C@H](Cc1ccccc1F)N1CCC(CN2CCC(Oc3ccc(Cl)c(Cl)c3)CC2)CC1.[HH].[HH].[HH]. The molecular weight excluding hydrogens is 1390 g/mol. The highest BCUT2D eigenvalue weighted by atomic mass is 35.5. The Morgan fingerprint density at radius 1 is 0.412 bits per heavy atom. The molecule has 23 heteroatoms. The van der Waals surface area contributed by atoms with Crippen molar-refractivity contribution in [3.8, 4) is 17.2 Å². The number of likely N-dealkylation sites (tertiary alicyclic amines) is 6. The topological polar surface area (TPSA) is 159 Å². The van der Waals surface area contributed by atoms with E-state index in [-0.39, 0.29) is 52.3 Å². The number of hydrogen-bond acceptors (Lipinski definition) is 12. The van der Waals surface area contributed by atoms with Crippen molar-refractivity contribution >= 4 is 64.3 Å². The molecule has 102 heavy (non-hydrogen) atoms. The van der Waals surface area contributed by atoms with Crippen LogP contribution in [0.3, 0.4) is 0 Å². The first kappa shape index (κ1) is 78.4. The van der Waals surface area contributed by atoms with Crippen molar-refractivity contribution in [2.45, 2.75) is 140 Å². The molecule has 0 spiro atoms. The molecule has 0 bridgehead atoms. The second kappa shape index (κ2) is 38.7. The third kappa shape index (κ3) is 23.9. The van der Waals surface area contributed by atoms with Crippen molar-refractivity contribution in [1.82, 2.24) is 29.4 Å². The van der Waals surface area contributed by atoms with Crippen LogP contribution in [0.1, 0.15) is 104 Å². The van der Waals surface area contributed by atoms with Gasteiger partial charge < -0.3 is 44.2 Å². The van der Waals surface area contributed by atoms with E-state index in [9.17, 15) is 47.3 Å². The van der Waals surface area contributed by atoms with Gasteiger partial charge in [-0.15, -0.1) is 0 Å². The van der Waals surface area contributed by atoms with E-state index in [0.29, 0.717) is 56.2 Å². The van der Waals surface area contributed by atoms with Gasteiger partial charge in [0, 0.05) is 81.7 Å². The normalized spacial score (nSPS) is 19.7. The fraction of sp³-hybridized carbons (Fsp3) is 0.506. The van der Waals surface area contributed by atoms with Crippen molar-refractivity contribution in [3.63, 3.8) is 0 Å². The lowest BCUT2D eigenvalue weighted by molar-refractivity contribution is -0.144. The Bertz CT molecular complexity index is 3670. The molecule has 15 nitrogen and oxygen atoms in total. The van der Waals surface area contributed by atoms with Gasteiger partial charge in [0.25, 0.3) is 0 Å². The summed E-state index contributed by atoms with van der Waals surface area (Å²) in [6.07, 6.45) is 13.0. The molecule has 6 heterocycles. The molecule has 6 aromatic carbocycles. The van der Waals surface area contributed by atoms with Gasteiger partial charge in [-0.25, -0.2) is 17.6 Å². The van der Waals surface area contributed by atoms with E-state index >= 15 is 0 Å². The minimum absolute atomic E-state index is 0. The Morgan fingerprint density at radius 2 is 0.804 bits per heavy atom. The summed E-state index contributed by atoms with van der Waals surface area (Å²) in [5, 5.41) is 31.4. The van der Waals surface area contributed by atoms with Crippen LogP contribution in [-0.2, 0) is 33.6 Å². The Morgan fingerprint density at radius 3 is 1.21 bits per heavy atom. The van der Waals surface area contributed by atoms with Crippen LogP contribution in [0.25, 0.3) is 0 Å². The number of hydrogen-bond donors (Lipinski definition) is 3. The van der Waals surface area contributed by atoms with Crippen molar-refractivity contribution in [2.75, 3.05) is 98.2 Å². The highest BCUT2D eigenvalue weighted by molar-refractivity contribution is 6.42. The van der Waals surface area contributed by atoms with Crippen molar-refractivity contribution in [3.05, 3.63) is 193 Å². The molecule has 6 fully saturated rings. The lowest BCUT2D eigenvalue weighted by Crippen LogP contribution is -2.49. The first-order valence-electron chi connectivity index (χ1n) is 36.1. The van der Waals surface area contributed by atoms with Crippen LogP contribution in [0, 0.1) is 47.9 Å². The summed E-state index contributed by atoms with van der Waals surface area (Å²) >= 11 is 24.1. The summed E-state index contributed by atoms with van der Waals surface area (Å²) in [6.45, 7) is 15.4. The number of carboxylic acid groups (broad SMARTS) is 3. The maximum absolute atomic E-state index is 14.0. The van der Waals surface area contributed by atoms with Crippen LogP contribution in [0.15, 0.2) is 127 Å². The van der Waals surface area contributed by atoms with Crippen LogP contribution in [0.5, 0.6) is 17.2 Å². The predicted molar refractivity (Wildman–Crippen MR) is 398 cm³/mol. The molecule has 558 valence electrons. The number of nitrogens with zero attached hydrogens (tertiary/aromatic N) is 6. The Labute approximate surface area is 621 Å². The first-order chi connectivity index (χ1) is 49.1. The summed E-state index contributed by atoms with van der Waals surface area (Å²) < 4.78 is 72.4. The smallest absolute Gasteiger partial charge is 0.321 e. The molecule has 0 aromatic heterocycles. The monoisotopic (exact) mass is 1490 g/mol. The number of piperidine rings is 6. The summed E-state index contributed by atoms with van der Waals surface area (Å²) in [4.78, 5) is 49.3. The molecule has 0 aliphatic carbocycles. The molecule has 3 N–H and O–H groups in total. The highest BCUT2D eigenvalue weighted by Gasteiger charge is 2.36. The molecule has 0 amide bonds. The summed E-state index contributed by atoms with van der Waals surface area (Å²) in [7, 11) is 0. The Hall–Kier alpha value is -6.23. The minimum Gasteiger partial charge on any atom is -0.490 e. The van der Waals surface area contributed by atoms with Crippen LogP contribution >= 0.6 is 46.4 Å². The zero-order valence-corrected chi connectivity index (χ0v) is 61.1. The fourth-order valence-electron chi connectivity index (χ4n) is 15.2. The number of rotatable bonds is 24. The highest BCUT2D eigenvalue weighted by Crippen LogP contribution is 2.33. The van der Waals surface area contributed by atoms with Gasteiger partial charge in [0.15, 0.2) is 0 Å². The first-order valence-corrected chi connectivity index (χ1v) is 37.6. The van der Waals surface area contributed by atoms with Gasteiger partial charge >= 0.3 is 17.9 Å². The number of aryl methyl sites for hydroxylation is 1. The summed E-state index contributed by atoms with van der Waals surface area (Å²) in [5.41, 5.74) is 2.86. The van der Waals surface area contributed by atoms with Gasteiger partial charge in [-0.1, -0.05) is 88.9 Å². The van der Waals surface area contributed by atoms with Gasteiger partial charge in [0.05, 0.1) is 20.1 Å². The third-order valence-electron chi connectivity index (χ3n) is 21.1. The largest absolute Gasteiger partial charge is 0.490 e. The zero-order chi connectivity index (χ0) is 72.2. The maximum atomic E-state index is 14.0. The van der Waals surface area contributed by atoms with Crippen LogP contribution in [-0.4, -0.2) is 197 Å². The third-order valence-corrected chi connectivity index (χ3v) is 22.6. The summed E-state index contributed by atoms with van der Waals surface area (Å²) in [5.74, 6) is 0.192. The Kier molecular flexibility index (Phi) is 29.7. The van der Waals surface area contributed by atoms with Crippen LogP contribution < -0.4 is 14.2 Å². The van der Waals surface area contributed by atoms with E-state index in [4.69, 9.17) is 60.6 Å². The summed E-state index contributed by atoms with van der Waals surface area (Å²) in [6, 6.07) is 32.3. The molecule has 6 aliphatic heterocycles. The lowest BCUT2D eigenvalue weighted by Gasteiger charge is -2.39. The Balaban J connectivity index is 0.000000217. The number of carboxylic acids is 3. The van der Waals surface area contributed by atoms with Crippen LogP contribution in [0.2, 0.25) is 20.1 Å². The second-order valence-corrected chi connectivity index (χ2v) is 30.0. The van der Waals surface area contributed by atoms with Gasteiger partial charge in [0.1, 0.15) is 77.0 Å². The van der Waals surface area contributed by atoms with E-state index in [1.54, 1.807) is 72.8 Å². The minimum atomic E-state index is -0.884. The number of ether oxygens (including phenoxy) is 3. The maximum Gasteiger partial charge on any atom is 0.321 e. The molecule has 0 radical (unpaired) electrons. The van der Waals surface area contributed by atoms with Crippen LogP contribution in [0.4, 0.5) is 17.6 Å². The number of benzene rings is 6. The quantitative estimate of drug-likeness (QED) is 0.0491. The van der Waals surface area contributed by atoms with E-state index in [2.05, 4.69) is 19.6 Å². The van der Waals surface area contributed by atoms with Crippen molar-refractivity contribution in [2.24, 2.45) is 17.8 Å². The molecule has 6 aromatic rings. The molecule has 12 rings (SSSR count). The van der Waals surface area contributed by atoms with E-state index < -0.39 is 36.0 Å². The zero-order valence-electron chi connectivity index (χ0n) is 58.0. The van der Waals surface area contributed by atoms with Crippen molar-refractivity contribution < 1.29 is 65.8 Å². The average Bonchev–Trinajstić information content (AvgIpc) is 0.843. The fourth-order valence-corrected chi connectivity index (χ4v) is 15.8. The van der Waals surface area contributed by atoms with Gasteiger partial charge in [-0.3, -0.25) is 29.1 Å². The average molecular weight is 1500 g/mol. The molecule has 6 saturated heterocycles. The lowest BCUT2D eigenvalue weighted by atomic mass is 9.93. The van der Waals surface area contributed by atoms with E-state index in [1.807, 2.05) is 28.9 Å². The standard InChI is InChI=1S/C27H34F2N2O3.2C26H31Cl2FN2O3.3H2/c1-19-16-23(29)6-7-26(19)34-24-10-12-30(13-11-24)18-21-8-14-31(15-9-21)25(27(32)33)17-20-2-4-22(28)5-3-20;27-23-5-4-22(16-24(23)28)34-21-8-10-30(11-9-21)17-18-6-12-31(13-7-18)25(26(32)33)15-19-2-1-3-20(29)14-19;27-22-6-5-21(16-23(22)28)34-20-9-11-30(12-10-20)17-18-7-13-31(14-8-18)25(26(32)33)15-19-3-1-2-4-24(19)29;;;/h2-7,16,21,24-25H,8-15,17-18H2,1H3,(H,32,33);1-5,14,16,18,21,25H,6-13,15,17H2,(H,32,33);1-6,16,18,20,25H,7-15,17H2,(H,32,33);3*1H/t3*25-;;;/m000.../s1. The van der Waals surface area contributed by atoms with Crippen molar-refractivity contribution in [1.29, 1.82) is 0 Å². The molecule has 3 atom stereocenters. The number of aliphatic carboxylic acids is 3. The predicted octanol–water partition coefficient (Wildman–Crippen LogP) is 16.0. The molecular formula is C79H102Cl4F4N6O9. The van der Waals surface area contributed by atoms with Gasteiger partial charge in [0.2, 0.25) is 0 Å². The second-order valence-electron chi connectivity index (χ2n) is 28.4. The number of carbonyl (C=O) groups is 3. The van der Waals surface area contributed by atoms with E-state index in [1.165, 1.54) is 42.5 Å². The van der Waals surface area contributed by atoms with Gasteiger partial charge in [-0.2, -0.15) is 0 Å². The number of halogens is 8.